The highest BCUT2D eigenvalue weighted by atomic mass is 19.1. The number of likely N-dealkylation sites (tertiary alicyclic amines) is 1. The number of amides is 1. The van der Waals surface area contributed by atoms with E-state index < -0.39 is 0 Å². The fourth-order valence-electron chi connectivity index (χ4n) is 3.16. The minimum Gasteiger partial charge on any atom is -0.493 e. The molecule has 1 aliphatic rings. The molecule has 0 N–H and O–H groups in total. The highest BCUT2D eigenvalue weighted by molar-refractivity contribution is 5.76. The molecule has 0 aliphatic carbocycles. The summed E-state index contributed by atoms with van der Waals surface area (Å²) in [4.78, 5) is 14.4. The van der Waals surface area contributed by atoms with Gasteiger partial charge in [0.2, 0.25) is 5.91 Å². The molecule has 1 aliphatic heterocycles. The van der Waals surface area contributed by atoms with Gasteiger partial charge in [-0.2, -0.15) is 5.10 Å². The summed E-state index contributed by atoms with van der Waals surface area (Å²) in [6, 6.07) is 6.32. The number of aromatic nitrogens is 2. The molecule has 1 aromatic heterocycles. The van der Waals surface area contributed by atoms with E-state index in [1.54, 1.807) is 12.1 Å². The van der Waals surface area contributed by atoms with Crippen molar-refractivity contribution in [3.05, 3.63) is 48.0 Å². The summed E-state index contributed by atoms with van der Waals surface area (Å²) in [5.74, 6) is 0.331. The van der Waals surface area contributed by atoms with Crippen molar-refractivity contribution in [3.8, 4) is 5.75 Å². The molecule has 1 aromatic carbocycles. The molecule has 134 valence electrons. The summed E-state index contributed by atoms with van der Waals surface area (Å²) in [6.07, 6.45) is 7.00. The first kappa shape index (κ1) is 17.5. The van der Waals surface area contributed by atoms with E-state index in [0.29, 0.717) is 31.7 Å². The van der Waals surface area contributed by atoms with Gasteiger partial charge in [0, 0.05) is 31.8 Å². The van der Waals surface area contributed by atoms with Crippen molar-refractivity contribution in [1.29, 1.82) is 0 Å². The average Bonchev–Trinajstić information content (AvgIpc) is 3.05. The molecule has 1 fully saturated rings. The van der Waals surface area contributed by atoms with Crippen LogP contribution in [-0.4, -0.2) is 40.3 Å². The van der Waals surface area contributed by atoms with Gasteiger partial charge in [-0.05, 0) is 43.9 Å². The molecular formula is C19H24FN3O2. The number of nitrogens with zero attached hydrogens (tertiary/aromatic N) is 3. The van der Waals surface area contributed by atoms with Gasteiger partial charge < -0.3 is 9.64 Å². The van der Waals surface area contributed by atoms with Crippen molar-refractivity contribution in [2.45, 2.75) is 38.6 Å². The molecule has 5 nitrogen and oxygen atoms in total. The summed E-state index contributed by atoms with van der Waals surface area (Å²) in [5.41, 5.74) is 1.14. The van der Waals surface area contributed by atoms with Crippen LogP contribution in [0.2, 0.25) is 0 Å². The second-order valence-electron chi connectivity index (χ2n) is 6.54. The van der Waals surface area contributed by atoms with Gasteiger partial charge in [-0.1, -0.05) is 6.07 Å². The zero-order valence-corrected chi connectivity index (χ0v) is 14.5. The number of hydrogen-bond acceptors (Lipinski definition) is 3. The summed E-state index contributed by atoms with van der Waals surface area (Å²) in [7, 11) is 0. The van der Waals surface area contributed by atoms with Gasteiger partial charge in [-0.25, -0.2) is 4.39 Å². The third kappa shape index (κ3) is 4.81. The molecule has 1 atom stereocenters. The van der Waals surface area contributed by atoms with E-state index in [1.807, 2.05) is 28.9 Å². The maximum atomic E-state index is 13.1. The first-order valence-corrected chi connectivity index (χ1v) is 8.79. The Morgan fingerprint density at radius 3 is 3.08 bits per heavy atom. The number of ether oxygens (including phenoxy) is 1. The van der Waals surface area contributed by atoms with Gasteiger partial charge >= 0.3 is 0 Å². The lowest BCUT2D eigenvalue weighted by Crippen LogP contribution is -2.40. The monoisotopic (exact) mass is 345 g/mol. The van der Waals surface area contributed by atoms with Crippen LogP contribution in [0.25, 0.3) is 0 Å². The molecule has 0 spiro atoms. The number of carbonyl (C=O) groups is 1. The van der Waals surface area contributed by atoms with Crippen LogP contribution in [0, 0.1) is 12.7 Å². The highest BCUT2D eigenvalue weighted by Crippen LogP contribution is 2.22. The number of hydrogen-bond donors (Lipinski definition) is 0. The SMILES string of the molecule is Cc1cnn([C@H]2CCCN(C(=O)CCCOc3cccc(F)c3)C2)c1. The molecule has 6 heteroatoms. The number of rotatable bonds is 6. The molecule has 0 saturated carbocycles. The summed E-state index contributed by atoms with van der Waals surface area (Å²) >= 11 is 0. The van der Waals surface area contributed by atoms with E-state index >= 15 is 0 Å². The fraction of sp³-hybridized carbons (Fsp3) is 0.474. The molecule has 25 heavy (non-hydrogen) atoms. The minimum absolute atomic E-state index is 0.149. The van der Waals surface area contributed by atoms with Crippen LogP contribution in [-0.2, 0) is 4.79 Å². The van der Waals surface area contributed by atoms with Crippen LogP contribution in [0.1, 0.15) is 37.3 Å². The van der Waals surface area contributed by atoms with Crippen LogP contribution in [0.4, 0.5) is 4.39 Å². The predicted octanol–water partition coefficient (Wildman–Crippen LogP) is 3.35. The maximum absolute atomic E-state index is 13.1. The smallest absolute Gasteiger partial charge is 0.222 e. The van der Waals surface area contributed by atoms with Crippen molar-refractivity contribution < 1.29 is 13.9 Å². The van der Waals surface area contributed by atoms with Crippen molar-refractivity contribution in [2.24, 2.45) is 0 Å². The Bertz CT molecular complexity index is 716. The molecule has 1 saturated heterocycles. The number of aryl methyl sites for hydroxylation is 1. The second kappa shape index (κ2) is 8.14. The zero-order valence-electron chi connectivity index (χ0n) is 14.5. The van der Waals surface area contributed by atoms with Gasteiger partial charge in [0.05, 0.1) is 18.8 Å². The Morgan fingerprint density at radius 2 is 2.32 bits per heavy atom. The van der Waals surface area contributed by atoms with Gasteiger partial charge in [-0.3, -0.25) is 9.48 Å². The van der Waals surface area contributed by atoms with E-state index in [0.717, 1.165) is 24.9 Å². The van der Waals surface area contributed by atoms with E-state index in [-0.39, 0.29) is 17.8 Å². The molecule has 2 heterocycles. The number of carbonyl (C=O) groups excluding carboxylic acids is 1. The lowest BCUT2D eigenvalue weighted by atomic mass is 10.1. The number of halogens is 1. The van der Waals surface area contributed by atoms with E-state index in [9.17, 15) is 9.18 Å². The maximum Gasteiger partial charge on any atom is 0.222 e. The average molecular weight is 345 g/mol. The van der Waals surface area contributed by atoms with Crippen molar-refractivity contribution in [3.63, 3.8) is 0 Å². The minimum atomic E-state index is -0.318. The standard InChI is InChI=1S/C19H24FN3O2/c1-15-12-21-23(13-15)17-6-3-9-22(14-17)19(24)8-4-10-25-18-7-2-5-16(20)11-18/h2,5,7,11-13,17H,3-4,6,8-10,14H2,1H3/t17-/m0/s1. The Hall–Kier alpha value is -2.37. The van der Waals surface area contributed by atoms with E-state index in [2.05, 4.69) is 5.10 Å². The normalized spacial score (nSPS) is 17.5. The van der Waals surface area contributed by atoms with Crippen LogP contribution in [0.5, 0.6) is 5.75 Å². The van der Waals surface area contributed by atoms with Crippen LogP contribution in [0.15, 0.2) is 36.7 Å². The first-order chi connectivity index (χ1) is 12.1. The Kier molecular flexibility index (Phi) is 5.68. The third-order valence-corrected chi connectivity index (χ3v) is 4.45. The summed E-state index contributed by atoms with van der Waals surface area (Å²) in [5, 5.41) is 4.38. The Morgan fingerprint density at radius 1 is 1.44 bits per heavy atom. The van der Waals surface area contributed by atoms with Gasteiger partial charge in [0.1, 0.15) is 11.6 Å². The van der Waals surface area contributed by atoms with E-state index in [4.69, 9.17) is 4.74 Å². The lowest BCUT2D eigenvalue weighted by molar-refractivity contribution is -0.133. The summed E-state index contributed by atoms with van der Waals surface area (Å²) in [6.45, 7) is 3.95. The molecule has 1 amide bonds. The lowest BCUT2D eigenvalue weighted by Gasteiger charge is -2.33. The Balaban J connectivity index is 1.43. The number of piperidine rings is 1. The largest absolute Gasteiger partial charge is 0.493 e. The molecule has 0 unspecified atom stereocenters. The second-order valence-corrected chi connectivity index (χ2v) is 6.54. The van der Waals surface area contributed by atoms with Crippen molar-refractivity contribution in [2.75, 3.05) is 19.7 Å². The van der Waals surface area contributed by atoms with Gasteiger partial charge in [0.25, 0.3) is 0 Å². The molecule has 3 rings (SSSR count). The van der Waals surface area contributed by atoms with Gasteiger partial charge in [0.15, 0.2) is 0 Å². The molecular weight excluding hydrogens is 321 g/mol. The summed E-state index contributed by atoms with van der Waals surface area (Å²) < 4.78 is 20.5. The molecule has 0 bridgehead atoms. The zero-order chi connectivity index (χ0) is 17.6. The number of benzene rings is 1. The van der Waals surface area contributed by atoms with E-state index in [1.165, 1.54) is 12.1 Å². The van der Waals surface area contributed by atoms with Crippen LogP contribution in [0.3, 0.4) is 0 Å². The highest BCUT2D eigenvalue weighted by Gasteiger charge is 2.24. The molecule has 0 radical (unpaired) electrons. The third-order valence-electron chi connectivity index (χ3n) is 4.45. The molecule has 2 aromatic rings. The van der Waals surface area contributed by atoms with Crippen LogP contribution < -0.4 is 4.74 Å². The quantitative estimate of drug-likeness (QED) is 0.754. The first-order valence-electron chi connectivity index (χ1n) is 8.79. The van der Waals surface area contributed by atoms with Gasteiger partial charge in [-0.15, -0.1) is 0 Å². The van der Waals surface area contributed by atoms with Crippen molar-refractivity contribution in [1.82, 2.24) is 14.7 Å². The fourth-order valence-corrected chi connectivity index (χ4v) is 3.16. The topological polar surface area (TPSA) is 47.4 Å². The van der Waals surface area contributed by atoms with Crippen molar-refractivity contribution >= 4 is 5.91 Å². The predicted molar refractivity (Wildman–Crippen MR) is 92.9 cm³/mol. The Labute approximate surface area is 147 Å². The van der Waals surface area contributed by atoms with Crippen LogP contribution >= 0.6 is 0 Å².